The Hall–Kier alpha value is -9.99. The fourth-order valence-electron chi connectivity index (χ4n) is 8.57. The van der Waals surface area contributed by atoms with E-state index < -0.39 is 213 Å². The van der Waals surface area contributed by atoms with Crippen molar-refractivity contribution in [2.24, 2.45) is 34.0 Å². The number of hydrogen-bond donors (Lipinski definition) is 19. The van der Waals surface area contributed by atoms with Crippen LogP contribution in [0, 0.1) is 11.8 Å². The van der Waals surface area contributed by atoms with Crippen molar-refractivity contribution in [2.75, 3.05) is 6.54 Å². The average molecular weight is 1290 g/mol. The van der Waals surface area contributed by atoms with Crippen LogP contribution in [-0.4, -0.2) is 198 Å². The molecular formula is C57H83N13O21. The van der Waals surface area contributed by atoms with Gasteiger partial charge in [-0.1, -0.05) is 70.2 Å². The van der Waals surface area contributed by atoms with Crippen LogP contribution in [0.1, 0.15) is 104 Å². The number of nitrogens with zero attached hydrogens (tertiary/aromatic N) is 1. The standard InChI is InChI=1S/C57H83N13O21/c1-27(2)45(54(88)64-33(17-20-40(73)74)47(81)66-37(24-30-10-7-6-8-11-30)51(85)65-36(56(90)91)12-9-23-61-57(59)60)69-48(82)34(18-21-41(75)76)62-50(84)38(25-31-13-15-32(72)16-14-31)67-52(86)39(26-43(79)80)68-55(89)46(28(3)4)70-49(83)35(19-22-42(77)78)63-53(87)44(58)29(5)71/h6-8,10-11,13-16,27-29,33-39,44-46,71-72H,9,12,17-26,58H2,1-5H3,(H,62,84)(H,63,87)(H,64,88)(H,65,85)(H,66,81)(H,67,86)(H,68,89)(H,69,82)(H,70,83)(H,73,74)(H,75,76)(H,77,78)(H,79,80)(H,90,91)(H4,59,60,61)/t29-,33+,34+,35+,36+,37+,38+,39+,44+,45+,46+/m1/s1. The van der Waals surface area contributed by atoms with Crippen LogP contribution >= 0.6 is 0 Å². The number of guanidine groups is 1. The normalized spacial score (nSPS) is 14.6. The molecule has 0 aromatic heterocycles. The molecule has 0 saturated carbocycles. The van der Waals surface area contributed by atoms with Crippen LogP contribution in [0.2, 0.25) is 0 Å². The second kappa shape index (κ2) is 38.4. The zero-order chi connectivity index (χ0) is 68.8. The molecule has 502 valence electrons. The third kappa shape index (κ3) is 28.8. The van der Waals surface area contributed by atoms with Crippen molar-refractivity contribution in [1.82, 2.24) is 47.9 Å². The number of carbonyl (C=O) groups is 14. The Balaban J connectivity index is 2.55. The molecule has 0 spiro atoms. The van der Waals surface area contributed by atoms with Crippen molar-refractivity contribution in [1.29, 1.82) is 0 Å². The number of aliphatic imine (C=N–C) groups is 1. The van der Waals surface area contributed by atoms with Gasteiger partial charge in [0.15, 0.2) is 5.96 Å². The molecular weight excluding hydrogens is 1200 g/mol. The predicted molar refractivity (Wildman–Crippen MR) is 319 cm³/mol. The van der Waals surface area contributed by atoms with Crippen molar-refractivity contribution in [3.63, 3.8) is 0 Å². The first kappa shape index (κ1) is 77.1. The number of nitrogens with one attached hydrogen (secondary N) is 9. The Labute approximate surface area is 522 Å². The fourth-order valence-corrected chi connectivity index (χ4v) is 8.57. The average Bonchev–Trinajstić information content (AvgIpc) is 2.26. The Morgan fingerprint density at radius 2 is 0.780 bits per heavy atom. The molecule has 2 aromatic carbocycles. The number of aliphatic carboxylic acids is 5. The van der Waals surface area contributed by atoms with Crippen molar-refractivity contribution >= 4 is 89.0 Å². The van der Waals surface area contributed by atoms with E-state index in [4.69, 9.17) is 17.2 Å². The van der Waals surface area contributed by atoms with Crippen LogP contribution in [0.25, 0.3) is 0 Å². The first-order valence-corrected chi connectivity index (χ1v) is 28.7. The number of nitrogens with two attached hydrogens (primary N) is 3. The van der Waals surface area contributed by atoms with Crippen molar-refractivity contribution in [3.8, 4) is 5.75 Å². The number of benzene rings is 2. The van der Waals surface area contributed by atoms with Crippen molar-refractivity contribution in [2.45, 2.75) is 172 Å². The number of aromatic hydroxyl groups is 1. The summed E-state index contributed by atoms with van der Waals surface area (Å²) in [5.74, 6) is -20.0. The van der Waals surface area contributed by atoms with Gasteiger partial charge in [0.2, 0.25) is 53.2 Å². The van der Waals surface area contributed by atoms with Gasteiger partial charge in [0, 0.05) is 38.6 Å². The molecule has 9 amide bonds. The van der Waals surface area contributed by atoms with Gasteiger partial charge in [-0.2, -0.15) is 0 Å². The fraction of sp³-hybridized carbons (Fsp3) is 0.526. The number of carboxylic acid groups (broad SMARTS) is 5. The monoisotopic (exact) mass is 1290 g/mol. The molecule has 0 aliphatic rings. The molecule has 0 fully saturated rings. The van der Waals surface area contributed by atoms with Crippen LogP contribution in [-0.2, 0) is 80.0 Å². The highest BCUT2D eigenvalue weighted by Gasteiger charge is 2.38. The van der Waals surface area contributed by atoms with E-state index in [1.807, 2.05) is 0 Å². The van der Waals surface area contributed by atoms with Gasteiger partial charge in [0.05, 0.1) is 12.5 Å². The maximum atomic E-state index is 14.5. The van der Waals surface area contributed by atoms with Gasteiger partial charge in [-0.3, -0.25) is 67.3 Å². The zero-order valence-corrected chi connectivity index (χ0v) is 50.7. The summed E-state index contributed by atoms with van der Waals surface area (Å²) in [6.45, 7) is 6.90. The largest absolute Gasteiger partial charge is 0.508 e. The maximum absolute atomic E-state index is 14.5. The van der Waals surface area contributed by atoms with Crippen LogP contribution in [0.4, 0.5) is 0 Å². The minimum absolute atomic E-state index is 0.0181. The second-order valence-corrected chi connectivity index (χ2v) is 21.9. The number of amides is 9. The van der Waals surface area contributed by atoms with E-state index in [0.29, 0.717) is 5.56 Å². The third-order valence-corrected chi connectivity index (χ3v) is 13.7. The number of hydrogen-bond acceptors (Lipinski definition) is 18. The molecule has 91 heavy (non-hydrogen) atoms. The quantitative estimate of drug-likeness (QED) is 0.0170. The summed E-state index contributed by atoms with van der Waals surface area (Å²) in [6, 6.07) is -3.92. The molecule has 0 saturated heterocycles. The van der Waals surface area contributed by atoms with Crippen LogP contribution in [0.15, 0.2) is 59.6 Å². The number of aliphatic hydroxyl groups is 1. The highest BCUT2D eigenvalue weighted by molar-refractivity contribution is 5.99. The van der Waals surface area contributed by atoms with E-state index in [1.54, 1.807) is 30.3 Å². The smallest absolute Gasteiger partial charge is 0.326 e. The summed E-state index contributed by atoms with van der Waals surface area (Å²) >= 11 is 0. The number of phenolic OH excluding ortho intramolecular Hbond substituents is 1. The lowest BCUT2D eigenvalue weighted by Gasteiger charge is -2.29. The predicted octanol–water partition coefficient (Wildman–Crippen LogP) is -4.23. The second-order valence-electron chi connectivity index (χ2n) is 21.9. The summed E-state index contributed by atoms with van der Waals surface area (Å²) in [6.07, 6.45) is -7.40. The molecule has 2 rings (SSSR count). The number of aliphatic hydroxyl groups excluding tert-OH is 1. The SMILES string of the molecule is CC(C)[C@H](NC(=O)[C@H](CCC(=O)O)NC(=O)[C@H](Cc1ccc(O)cc1)NC(=O)[C@H](CC(=O)O)NC(=O)[C@@H](NC(=O)[C@H](CCC(=O)O)NC(=O)[C@@H](N)[C@@H](C)O)C(C)C)C(=O)N[C@@H](CCC(=O)O)C(=O)N[C@@H](Cc1ccccc1)C(=O)N[C@@H](CCCN=C(N)N)C(=O)O. The topological polar surface area (TPSA) is 579 Å². The minimum atomic E-state index is -2.06. The van der Waals surface area contributed by atoms with Gasteiger partial charge < -0.3 is 101 Å². The summed E-state index contributed by atoms with van der Waals surface area (Å²) in [7, 11) is 0. The van der Waals surface area contributed by atoms with E-state index >= 15 is 0 Å². The number of rotatable bonds is 41. The molecule has 34 nitrogen and oxygen atoms in total. The lowest BCUT2D eigenvalue weighted by Crippen LogP contribution is -2.62. The van der Waals surface area contributed by atoms with E-state index in [0.717, 1.165) is 0 Å². The summed E-state index contributed by atoms with van der Waals surface area (Å²) in [4.78, 5) is 189. The molecule has 0 heterocycles. The number of carbonyl (C=O) groups excluding carboxylic acids is 9. The summed E-state index contributed by atoms with van der Waals surface area (Å²) in [5.41, 5.74) is 17.1. The molecule has 22 N–H and O–H groups in total. The van der Waals surface area contributed by atoms with Gasteiger partial charge in [-0.15, -0.1) is 0 Å². The van der Waals surface area contributed by atoms with Gasteiger partial charge in [0.1, 0.15) is 66.2 Å². The van der Waals surface area contributed by atoms with E-state index in [9.17, 15) is 103 Å². The molecule has 0 bridgehead atoms. The van der Waals surface area contributed by atoms with Crippen LogP contribution < -0.4 is 65.1 Å². The number of carboxylic acids is 5. The van der Waals surface area contributed by atoms with Crippen LogP contribution in [0.5, 0.6) is 5.75 Å². The Morgan fingerprint density at radius 3 is 1.16 bits per heavy atom. The zero-order valence-electron chi connectivity index (χ0n) is 50.7. The first-order valence-electron chi connectivity index (χ1n) is 28.7. The van der Waals surface area contributed by atoms with E-state index in [1.165, 1.54) is 58.9 Å². The van der Waals surface area contributed by atoms with Gasteiger partial charge in [0.25, 0.3) is 0 Å². The lowest BCUT2D eigenvalue weighted by atomic mass is 9.99. The maximum Gasteiger partial charge on any atom is 0.326 e. The molecule has 11 atom stereocenters. The third-order valence-electron chi connectivity index (χ3n) is 13.7. The number of phenols is 1. The Morgan fingerprint density at radius 1 is 0.429 bits per heavy atom. The van der Waals surface area contributed by atoms with E-state index in [-0.39, 0.29) is 43.1 Å². The van der Waals surface area contributed by atoms with E-state index in [2.05, 4.69) is 52.8 Å². The highest BCUT2D eigenvalue weighted by atomic mass is 16.4. The minimum Gasteiger partial charge on any atom is -0.508 e. The first-order chi connectivity index (χ1) is 42.6. The van der Waals surface area contributed by atoms with Crippen molar-refractivity contribution in [3.05, 3.63) is 65.7 Å². The summed E-state index contributed by atoms with van der Waals surface area (Å²) in [5, 5.41) is 89.3. The van der Waals surface area contributed by atoms with Crippen LogP contribution in [0.3, 0.4) is 0 Å². The highest BCUT2D eigenvalue weighted by Crippen LogP contribution is 2.15. The lowest BCUT2D eigenvalue weighted by molar-refractivity contribution is -0.142. The van der Waals surface area contributed by atoms with Gasteiger partial charge in [-0.05, 0) is 74.1 Å². The molecule has 2 aromatic rings. The molecule has 34 heteroatoms. The molecule has 0 aliphatic heterocycles. The van der Waals surface area contributed by atoms with Gasteiger partial charge in [-0.25, -0.2) is 4.79 Å². The molecule has 0 unspecified atom stereocenters. The summed E-state index contributed by atoms with van der Waals surface area (Å²) < 4.78 is 0. The molecule has 0 radical (unpaired) electrons. The molecule has 0 aliphatic carbocycles. The van der Waals surface area contributed by atoms with Crippen molar-refractivity contribution < 1.29 is 103 Å². The Kier molecular flexibility index (Phi) is 32.6. The Bertz CT molecular complexity index is 2910. The van der Waals surface area contributed by atoms with Gasteiger partial charge >= 0.3 is 29.8 Å².